The topological polar surface area (TPSA) is 92.7 Å². The third kappa shape index (κ3) is 3.63. The molecule has 0 aliphatic rings. The molecule has 128 valence electrons. The van der Waals surface area contributed by atoms with Crippen molar-refractivity contribution in [2.45, 2.75) is 23.9 Å². The summed E-state index contributed by atoms with van der Waals surface area (Å²) in [5.74, 6) is -0.450. The van der Waals surface area contributed by atoms with E-state index in [0.29, 0.717) is 16.9 Å². The van der Waals surface area contributed by atoms with Crippen LogP contribution in [0.1, 0.15) is 21.6 Å². The van der Waals surface area contributed by atoms with Gasteiger partial charge in [-0.3, -0.25) is 9.59 Å². The van der Waals surface area contributed by atoms with Gasteiger partial charge in [-0.15, -0.1) is 0 Å². The number of rotatable bonds is 4. The molecule has 2 N–H and O–H groups in total. The van der Waals surface area contributed by atoms with E-state index >= 15 is 0 Å². The second-order valence-corrected chi connectivity index (χ2v) is 6.58. The largest absolute Gasteiger partial charge is 0.329 e. The molecule has 7 nitrogen and oxygen atoms in total. The zero-order valence-electron chi connectivity index (χ0n) is 14.0. The molecule has 25 heavy (non-hydrogen) atoms. The highest BCUT2D eigenvalue weighted by atomic mass is 32.2. The monoisotopic (exact) mass is 355 g/mol. The number of nitrogens with one attached hydrogen (secondary N) is 2. The Balaban J connectivity index is 1.76. The first-order valence-corrected chi connectivity index (χ1v) is 8.40. The molecule has 0 atom stereocenters. The highest BCUT2D eigenvalue weighted by Gasteiger charge is 2.16. The van der Waals surface area contributed by atoms with Gasteiger partial charge in [-0.2, -0.15) is 5.10 Å². The molecule has 8 heteroatoms. The summed E-state index contributed by atoms with van der Waals surface area (Å²) < 4.78 is 1.93. The lowest BCUT2D eigenvalue weighted by atomic mass is 10.1. The van der Waals surface area contributed by atoms with E-state index in [1.165, 1.54) is 11.8 Å². The predicted octanol–water partition coefficient (Wildman–Crippen LogP) is 2.52. The van der Waals surface area contributed by atoms with Crippen LogP contribution in [0.2, 0.25) is 0 Å². The van der Waals surface area contributed by atoms with Crippen molar-refractivity contribution in [3.8, 4) is 0 Å². The number of carbonyl (C=O) groups is 1. The molecule has 3 aromatic rings. The third-order valence-corrected chi connectivity index (χ3v) is 4.88. The average molecular weight is 355 g/mol. The maximum atomic E-state index is 12.4. The zero-order valence-corrected chi connectivity index (χ0v) is 14.8. The fourth-order valence-corrected chi connectivity index (χ4v) is 3.06. The lowest BCUT2D eigenvalue weighted by molar-refractivity contribution is 0.102. The molecular weight excluding hydrogens is 338 g/mol. The summed E-state index contributed by atoms with van der Waals surface area (Å²) in [6.07, 6.45) is 3.63. The number of imidazole rings is 1. The number of aromatic nitrogens is 4. The van der Waals surface area contributed by atoms with Gasteiger partial charge in [-0.25, -0.2) is 10.1 Å². The molecule has 1 aromatic carbocycles. The normalized spacial score (nSPS) is 10.7. The smallest absolute Gasteiger partial charge is 0.277 e. The maximum Gasteiger partial charge on any atom is 0.277 e. The average Bonchev–Trinajstić information content (AvgIpc) is 2.98. The molecule has 0 saturated heterocycles. The first kappa shape index (κ1) is 17.0. The minimum absolute atomic E-state index is 0.0824. The van der Waals surface area contributed by atoms with Gasteiger partial charge in [0.15, 0.2) is 5.16 Å². The van der Waals surface area contributed by atoms with E-state index in [9.17, 15) is 9.59 Å². The van der Waals surface area contributed by atoms with E-state index in [2.05, 4.69) is 20.5 Å². The first-order valence-electron chi connectivity index (χ1n) is 7.58. The fourth-order valence-electron chi connectivity index (χ4n) is 2.25. The summed E-state index contributed by atoms with van der Waals surface area (Å²) in [6, 6.07) is 7.37. The summed E-state index contributed by atoms with van der Waals surface area (Å²) in [6.45, 7) is 3.45. The molecule has 1 amide bonds. The molecule has 3 rings (SSSR count). The van der Waals surface area contributed by atoms with Crippen molar-refractivity contribution in [1.82, 2.24) is 19.7 Å². The SMILES string of the molecule is Cc1n[nH]c(=O)c(C(=O)Nc2ccc(Sc3nccn3C)cc2)c1C. The lowest BCUT2D eigenvalue weighted by Crippen LogP contribution is -2.26. The van der Waals surface area contributed by atoms with Gasteiger partial charge in [0, 0.05) is 30.0 Å². The van der Waals surface area contributed by atoms with Crippen LogP contribution in [0.3, 0.4) is 0 Å². The quantitative estimate of drug-likeness (QED) is 0.750. The van der Waals surface area contributed by atoms with Gasteiger partial charge in [0.05, 0.1) is 5.69 Å². The van der Waals surface area contributed by atoms with Crippen LogP contribution < -0.4 is 10.9 Å². The molecular formula is C17H17N5O2S. The van der Waals surface area contributed by atoms with Crippen LogP contribution in [0.25, 0.3) is 0 Å². The van der Waals surface area contributed by atoms with Crippen LogP contribution in [-0.2, 0) is 7.05 Å². The molecule has 2 heterocycles. The number of aromatic amines is 1. The van der Waals surface area contributed by atoms with Crippen molar-refractivity contribution < 1.29 is 4.79 Å². The van der Waals surface area contributed by atoms with Crippen molar-refractivity contribution in [2.75, 3.05) is 5.32 Å². The number of nitrogens with zero attached hydrogens (tertiary/aromatic N) is 3. The number of anilines is 1. The van der Waals surface area contributed by atoms with Gasteiger partial charge >= 0.3 is 0 Å². The standard InChI is InChI=1S/C17H17N5O2S/c1-10-11(2)20-21-16(24)14(10)15(23)19-12-4-6-13(7-5-12)25-17-18-8-9-22(17)3/h4-9H,1-3H3,(H,19,23)(H,21,24). The highest BCUT2D eigenvalue weighted by Crippen LogP contribution is 2.26. The van der Waals surface area contributed by atoms with Crippen molar-refractivity contribution >= 4 is 23.4 Å². The van der Waals surface area contributed by atoms with Crippen LogP contribution >= 0.6 is 11.8 Å². The van der Waals surface area contributed by atoms with E-state index in [-0.39, 0.29) is 5.56 Å². The van der Waals surface area contributed by atoms with Crippen LogP contribution in [0.4, 0.5) is 5.69 Å². The number of aryl methyl sites for hydroxylation is 2. The number of hydrogen-bond acceptors (Lipinski definition) is 5. The number of amides is 1. The van der Waals surface area contributed by atoms with E-state index < -0.39 is 11.5 Å². The van der Waals surface area contributed by atoms with Gasteiger partial charge in [0.25, 0.3) is 11.5 Å². The molecule has 2 aromatic heterocycles. The Hall–Kier alpha value is -2.87. The first-order chi connectivity index (χ1) is 12.0. The summed E-state index contributed by atoms with van der Waals surface area (Å²) in [5.41, 5.74) is 1.39. The molecule has 0 spiro atoms. The van der Waals surface area contributed by atoms with E-state index in [1.54, 1.807) is 32.2 Å². The van der Waals surface area contributed by atoms with Gasteiger partial charge in [-0.05, 0) is 43.7 Å². The summed E-state index contributed by atoms with van der Waals surface area (Å²) in [7, 11) is 1.93. The fraction of sp³-hybridized carbons (Fsp3) is 0.176. The predicted molar refractivity (Wildman–Crippen MR) is 96.1 cm³/mol. The highest BCUT2D eigenvalue weighted by molar-refractivity contribution is 7.99. The molecule has 0 radical (unpaired) electrons. The van der Waals surface area contributed by atoms with Gasteiger partial charge in [0.2, 0.25) is 0 Å². The molecule has 0 aliphatic carbocycles. The summed E-state index contributed by atoms with van der Waals surface area (Å²) in [5, 5.41) is 9.82. The Morgan fingerprint density at radius 3 is 2.60 bits per heavy atom. The van der Waals surface area contributed by atoms with Gasteiger partial charge in [-0.1, -0.05) is 11.8 Å². The summed E-state index contributed by atoms with van der Waals surface area (Å²) >= 11 is 1.53. The minimum atomic E-state index is -0.498. The Morgan fingerprint density at radius 2 is 1.96 bits per heavy atom. The maximum absolute atomic E-state index is 12.4. The Labute approximate surface area is 148 Å². The van der Waals surface area contributed by atoms with Gasteiger partial charge < -0.3 is 9.88 Å². The number of benzene rings is 1. The van der Waals surface area contributed by atoms with Crippen molar-refractivity contribution in [1.29, 1.82) is 0 Å². The molecule has 0 bridgehead atoms. The van der Waals surface area contributed by atoms with Gasteiger partial charge in [0.1, 0.15) is 5.56 Å². The Morgan fingerprint density at radius 1 is 1.24 bits per heavy atom. The second kappa shape index (κ2) is 6.94. The zero-order chi connectivity index (χ0) is 18.0. The Kier molecular flexibility index (Phi) is 4.71. The molecule has 0 unspecified atom stereocenters. The summed E-state index contributed by atoms with van der Waals surface area (Å²) in [4.78, 5) is 29.6. The lowest BCUT2D eigenvalue weighted by Gasteiger charge is -2.09. The van der Waals surface area contributed by atoms with Crippen LogP contribution in [0.5, 0.6) is 0 Å². The number of hydrogen-bond donors (Lipinski definition) is 2. The molecule has 0 saturated carbocycles. The molecule has 0 fully saturated rings. The van der Waals surface area contributed by atoms with E-state index in [4.69, 9.17) is 0 Å². The third-order valence-electron chi connectivity index (χ3n) is 3.80. The number of carbonyl (C=O) groups excluding carboxylic acids is 1. The van der Waals surface area contributed by atoms with Crippen molar-refractivity contribution in [3.05, 3.63) is 63.8 Å². The van der Waals surface area contributed by atoms with Crippen LogP contribution in [0.15, 0.2) is 51.5 Å². The Bertz CT molecular complexity index is 975. The number of H-pyrrole nitrogens is 1. The minimum Gasteiger partial charge on any atom is -0.329 e. The van der Waals surface area contributed by atoms with E-state index in [1.807, 2.05) is 29.9 Å². The van der Waals surface area contributed by atoms with Crippen LogP contribution in [0, 0.1) is 13.8 Å². The van der Waals surface area contributed by atoms with Crippen molar-refractivity contribution in [2.24, 2.45) is 7.05 Å². The van der Waals surface area contributed by atoms with Crippen molar-refractivity contribution in [3.63, 3.8) is 0 Å². The second-order valence-electron chi connectivity index (χ2n) is 5.54. The van der Waals surface area contributed by atoms with Crippen LogP contribution in [-0.4, -0.2) is 25.7 Å². The molecule has 0 aliphatic heterocycles. The van der Waals surface area contributed by atoms with E-state index in [0.717, 1.165) is 10.1 Å².